The van der Waals surface area contributed by atoms with E-state index in [0.29, 0.717) is 0 Å². The Hall–Kier alpha value is -1.62. The minimum Gasteiger partial charge on any atom is -0.743 e. The predicted octanol–water partition coefficient (Wildman–Crippen LogP) is 1.91. The van der Waals surface area contributed by atoms with Crippen molar-refractivity contribution in [3.63, 3.8) is 0 Å². The van der Waals surface area contributed by atoms with Gasteiger partial charge < -0.3 is 4.55 Å². The largest absolute Gasteiger partial charge is 0.743 e. The Kier molecular flexibility index (Phi) is 8.38. The molecule has 0 aliphatic rings. The number of hydrogen-bond donors (Lipinski definition) is 0. The molecule has 0 heterocycles. The molecule has 0 saturated heterocycles. The third-order valence-electron chi connectivity index (χ3n) is 3.18. The smallest absolute Gasteiger partial charge is 0.460 e. The Labute approximate surface area is 179 Å². The minimum atomic E-state index is -7.43. The molecule has 0 bridgehead atoms. The fourth-order valence-electron chi connectivity index (χ4n) is 1.61. The highest BCUT2D eigenvalue weighted by Crippen LogP contribution is 2.54. The molecule has 0 amide bonds. The Bertz CT molecular complexity index is 961. The lowest BCUT2D eigenvalue weighted by Crippen LogP contribution is -3.61. The summed E-state index contributed by atoms with van der Waals surface area (Å²) in [4.78, 5) is 0. The topological polar surface area (TPSA) is 57.2 Å². The average molecular weight is 598 g/mol. The summed E-state index contributed by atoms with van der Waals surface area (Å²) in [5.41, 5.74) is 0. The maximum absolute atomic E-state index is 12.6. The molecule has 2 aromatic carbocycles. The number of rotatable bonds is 5. The molecule has 0 saturated carbocycles. The minimum absolute atomic E-state index is 0.151. The van der Waals surface area contributed by atoms with Gasteiger partial charge in [0.05, 0.1) is 0 Å². The second kappa shape index (κ2) is 9.48. The quantitative estimate of drug-likeness (QED) is 0.301. The second-order valence-corrected chi connectivity index (χ2v) is 9.90. The van der Waals surface area contributed by atoms with E-state index in [1.807, 2.05) is 30.3 Å². The molecular weight excluding hydrogens is 589 g/mol. The summed E-state index contributed by atoms with van der Waals surface area (Å²) in [6.45, 7) is 0. The van der Waals surface area contributed by atoms with Crippen molar-refractivity contribution in [2.45, 2.75) is 23.3 Å². The van der Waals surface area contributed by atoms with Crippen LogP contribution < -0.4 is 21.2 Å². The third kappa shape index (κ3) is 6.21. The fourth-order valence-corrected chi connectivity index (χ4v) is 4.27. The molecule has 0 atom stereocenters. The van der Waals surface area contributed by atoms with Gasteiger partial charge in [-0.3, -0.25) is 0 Å². The highest BCUT2D eigenvalue weighted by Gasteiger charge is 2.83. The third-order valence-corrected chi connectivity index (χ3v) is 6.75. The maximum Gasteiger partial charge on any atom is 0.460 e. The molecule has 0 N–H and O–H groups in total. The molecule has 0 fully saturated rings. The first-order valence-corrected chi connectivity index (χ1v) is 11.0. The molecule has 0 aromatic heterocycles. The summed E-state index contributed by atoms with van der Waals surface area (Å²) in [6.07, 6.45) is -7.16. The summed E-state index contributed by atoms with van der Waals surface area (Å²) in [7, 11) is -7.42. The Morgan fingerprint density at radius 1 is 0.677 bits per heavy atom. The molecule has 0 aliphatic carbocycles. The van der Waals surface area contributed by atoms with Crippen LogP contribution in [-0.2, 0) is 10.1 Å². The summed E-state index contributed by atoms with van der Waals surface area (Å²) in [5, 5.41) is -7.11. The van der Waals surface area contributed by atoms with Crippen molar-refractivity contribution in [3.05, 3.63) is 67.6 Å². The van der Waals surface area contributed by atoms with Gasteiger partial charge in [0.15, 0.2) is 17.3 Å². The van der Waals surface area contributed by atoms with Gasteiger partial charge >= 0.3 is 44.5 Å². The molecular formula is C16H9F10IO3S. The van der Waals surface area contributed by atoms with Crippen LogP contribution in [0.15, 0.2) is 54.6 Å². The van der Waals surface area contributed by atoms with E-state index >= 15 is 0 Å². The van der Waals surface area contributed by atoms with Crippen molar-refractivity contribution < 1.29 is 78.1 Å². The van der Waals surface area contributed by atoms with Crippen LogP contribution in [0.25, 0.3) is 0 Å². The molecule has 0 aliphatic heterocycles. The van der Waals surface area contributed by atoms with Crippen LogP contribution >= 0.6 is 0 Å². The van der Waals surface area contributed by atoms with Gasteiger partial charge in [-0.05, 0) is 36.4 Å². The standard InChI is InChI=1S/C12H9FI.C4HF9O3S/c13-10-6-8-12(9-7-10)14-11-4-2-1-3-5-11;5-1(6,3(9,10)11)2(7,8)4(12,13)17(14,15)16/h1-9H;(H,14,15,16)/q+1;/p-1. The first kappa shape index (κ1) is 27.4. The van der Waals surface area contributed by atoms with E-state index in [0.717, 1.165) is 0 Å². The van der Waals surface area contributed by atoms with Gasteiger partial charge in [0, 0.05) is 0 Å². The first-order chi connectivity index (χ1) is 13.8. The van der Waals surface area contributed by atoms with E-state index in [1.165, 1.54) is 19.3 Å². The highest BCUT2D eigenvalue weighted by atomic mass is 127. The maximum atomic E-state index is 12.6. The van der Waals surface area contributed by atoms with Crippen LogP contribution in [0.5, 0.6) is 0 Å². The van der Waals surface area contributed by atoms with Crippen molar-refractivity contribution in [2.24, 2.45) is 0 Å². The van der Waals surface area contributed by atoms with E-state index in [9.17, 15) is 56.9 Å². The Morgan fingerprint density at radius 2 is 1.10 bits per heavy atom. The van der Waals surface area contributed by atoms with Gasteiger partial charge in [-0.15, -0.1) is 0 Å². The Balaban J connectivity index is 0.000000314. The van der Waals surface area contributed by atoms with Crippen molar-refractivity contribution in [1.29, 1.82) is 0 Å². The van der Waals surface area contributed by atoms with Gasteiger partial charge in [-0.1, -0.05) is 18.2 Å². The van der Waals surface area contributed by atoms with Crippen molar-refractivity contribution in [2.75, 3.05) is 0 Å². The first-order valence-electron chi connectivity index (χ1n) is 7.45. The fraction of sp³-hybridized carbons (Fsp3) is 0.250. The van der Waals surface area contributed by atoms with Gasteiger partial charge in [-0.2, -0.15) is 39.5 Å². The van der Waals surface area contributed by atoms with E-state index < -0.39 is 33.4 Å². The summed E-state index contributed by atoms with van der Waals surface area (Å²) in [5.74, 6) is -15.0. The zero-order chi connectivity index (χ0) is 24.3. The van der Waals surface area contributed by atoms with Crippen LogP contribution in [0.2, 0.25) is 0 Å². The number of halogens is 11. The summed E-state index contributed by atoms with van der Waals surface area (Å²) in [6, 6.07) is 17.1. The average Bonchev–Trinajstić information content (AvgIpc) is 2.63. The van der Waals surface area contributed by atoms with Crippen LogP contribution in [0.1, 0.15) is 0 Å². The molecule has 174 valence electrons. The zero-order valence-corrected chi connectivity index (χ0v) is 17.5. The van der Waals surface area contributed by atoms with Crippen molar-refractivity contribution in [3.8, 4) is 0 Å². The monoisotopic (exact) mass is 598 g/mol. The highest BCUT2D eigenvalue weighted by molar-refractivity contribution is 7.86. The molecule has 3 nitrogen and oxygen atoms in total. The molecule has 31 heavy (non-hydrogen) atoms. The molecule has 2 aromatic rings. The van der Waals surface area contributed by atoms with E-state index in [1.54, 1.807) is 0 Å². The van der Waals surface area contributed by atoms with Crippen LogP contribution in [0, 0.1) is 13.0 Å². The van der Waals surface area contributed by atoms with Crippen LogP contribution in [0.4, 0.5) is 43.9 Å². The lowest BCUT2D eigenvalue weighted by Gasteiger charge is -2.34. The molecule has 2 rings (SSSR count). The number of alkyl halides is 9. The second-order valence-electron chi connectivity index (χ2n) is 5.44. The normalized spacial score (nSPS) is 13.4. The molecule has 0 unspecified atom stereocenters. The predicted molar refractivity (Wildman–Crippen MR) is 80.8 cm³/mol. The van der Waals surface area contributed by atoms with Crippen LogP contribution in [0.3, 0.4) is 0 Å². The van der Waals surface area contributed by atoms with Crippen LogP contribution in [-0.4, -0.2) is 36.2 Å². The summed E-state index contributed by atoms with van der Waals surface area (Å²) < 4.78 is 151. The molecule has 0 spiro atoms. The zero-order valence-electron chi connectivity index (χ0n) is 14.5. The van der Waals surface area contributed by atoms with Crippen molar-refractivity contribution >= 4 is 10.1 Å². The Morgan fingerprint density at radius 3 is 1.48 bits per heavy atom. The SMILES string of the molecule is Fc1ccc([I+]c2ccccc2)cc1.O=S(=O)([O-])C(F)(F)C(F)(F)C(F)(F)C(F)(F)F. The van der Waals surface area contributed by atoms with E-state index in [-0.39, 0.29) is 27.0 Å². The number of benzene rings is 2. The van der Waals surface area contributed by atoms with Gasteiger partial charge in [0.2, 0.25) is 0 Å². The summed E-state index contributed by atoms with van der Waals surface area (Å²) >= 11 is -0.151. The van der Waals surface area contributed by atoms with Gasteiger partial charge in [0.1, 0.15) is 5.82 Å². The van der Waals surface area contributed by atoms with E-state index in [2.05, 4.69) is 12.1 Å². The molecule has 0 radical (unpaired) electrons. The van der Waals surface area contributed by atoms with Crippen molar-refractivity contribution in [1.82, 2.24) is 0 Å². The van der Waals surface area contributed by atoms with E-state index in [4.69, 9.17) is 0 Å². The number of hydrogen-bond acceptors (Lipinski definition) is 3. The van der Waals surface area contributed by atoms with Gasteiger partial charge in [0.25, 0.3) is 0 Å². The van der Waals surface area contributed by atoms with Gasteiger partial charge in [-0.25, -0.2) is 12.8 Å². The lowest BCUT2D eigenvalue weighted by molar-refractivity contribution is -0.597. The molecule has 15 heteroatoms. The lowest BCUT2D eigenvalue weighted by atomic mass is 10.1.